The van der Waals surface area contributed by atoms with Crippen LogP contribution in [0.4, 0.5) is 0 Å². The zero-order valence-corrected chi connectivity index (χ0v) is 11.3. The van der Waals surface area contributed by atoms with Crippen LogP contribution in [0.1, 0.15) is 38.2 Å². The maximum absolute atomic E-state index is 10.5. The van der Waals surface area contributed by atoms with Crippen LogP contribution in [0.5, 0.6) is 5.75 Å². The van der Waals surface area contributed by atoms with Crippen molar-refractivity contribution in [1.29, 1.82) is 0 Å². The van der Waals surface area contributed by atoms with Gasteiger partial charge in [0.25, 0.3) is 0 Å². The predicted molar refractivity (Wildman–Crippen MR) is 73.4 cm³/mol. The highest BCUT2D eigenvalue weighted by Crippen LogP contribution is 2.16. The lowest BCUT2D eigenvalue weighted by atomic mass is 10.1. The van der Waals surface area contributed by atoms with Crippen LogP contribution in [-0.4, -0.2) is 28.9 Å². The summed E-state index contributed by atoms with van der Waals surface area (Å²) in [5.41, 5.74) is 1.10. The SMILES string of the molecule is CCCCOc1cccc(CCC[C@@H](O)C(=O)O)c1. The number of carboxylic acids is 1. The number of carbonyl (C=O) groups is 1. The first-order chi connectivity index (χ1) is 9.13. The van der Waals surface area contributed by atoms with Gasteiger partial charge in [-0.2, -0.15) is 0 Å². The highest BCUT2D eigenvalue weighted by Gasteiger charge is 2.11. The van der Waals surface area contributed by atoms with E-state index in [1.807, 2.05) is 24.3 Å². The van der Waals surface area contributed by atoms with Crippen molar-refractivity contribution in [3.63, 3.8) is 0 Å². The number of hydrogen-bond acceptors (Lipinski definition) is 3. The molecule has 19 heavy (non-hydrogen) atoms. The van der Waals surface area contributed by atoms with Crippen molar-refractivity contribution in [3.05, 3.63) is 29.8 Å². The van der Waals surface area contributed by atoms with E-state index in [2.05, 4.69) is 6.92 Å². The molecule has 2 N–H and O–H groups in total. The van der Waals surface area contributed by atoms with Gasteiger partial charge in [0.2, 0.25) is 0 Å². The number of ether oxygens (including phenoxy) is 1. The van der Waals surface area contributed by atoms with Gasteiger partial charge in [-0.15, -0.1) is 0 Å². The fraction of sp³-hybridized carbons (Fsp3) is 0.533. The molecule has 0 unspecified atom stereocenters. The summed E-state index contributed by atoms with van der Waals surface area (Å²) in [6, 6.07) is 7.82. The zero-order chi connectivity index (χ0) is 14.1. The number of aryl methyl sites for hydroxylation is 1. The summed E-state index contributed by atoms with van der Waals surface area (Å²) in [6.45, 7) is 2.84. The number of hydrogen-bond donors (Lipinski definition) is 2. The van der Waals surface area contributed by atoms with Gasteiger partial charge in [-0.1, -0.05) is 25.5 Å². The van der Waals surface area contributed by atoms with E-state index in [-0.39, 0.29) is 6.42 Å². The summed E-state index contributed by atoms with van der Waals surface area (Å²) in [6.07, 6.45) is 2.54. The molecule has 106 valence electrons. The van der Waals surface area contributed by atoms with Crippen LogP contribution in [0.15, 0.2) is 24.3 Å². The van der Waals surface area contributed by atoms with Crippen LogP contribution in [0.2, 0.25) is 0 Å². The molecule has 0 saturated carbocycles. The first-order valence-corrected chi connectivity index (χ1v) is 6.76. The molecule has 0 fully saturated rings. The molecule has 0 aliphatic heterocycles. The number of benzene rings is 1. The first kappa shape index (κ1) is 15.5. The number of aliphatic hydroxyl groups excluding tert-OH is 1. The van der Waals surface area contributed by atoms with Crippen molar-refractivity contribution in [2.45, 2.75) is 45.1 Å². The molecule has 1 rings (SSSR count). The normalized spacial score (nSPS) is 12.1. The maximum atomic E-state index is 10.5. The molecular weight excluding hydrogens is 244 g/mol. The largest absolute Gasteiger partial charge is 0.494 e. The lowest BCUT2D eigenvalue weighted by Crippen LogP contribution is -2.19. The summed E-state index contributed by atoms with van der Waals surface area (Å²) < 4.78 is 5.61. The Morgan fingerprint density at radius 1 is 1.37 bits per heavy atom. The van der Waals surface area contributed by atoms with Crippen molar-refractivity contribution in [2.24, 2.45) is 0 Å². The minimum Gasteiger partial charge on any atom is -0.494 e. The van der Waals surface area contributed by atoms with E-state index >= 15 is 0 Å². The molecule has 0 aromatic heterocycles. The van der Waals surface area contributed by atoms with E-state index in [0.29, 0.717) is 6.42 Å². The van der Waals surface area contributed by atoms with Gasteiger partial charge in [-0.05, 0) is 43.4 Å². The number of carboxylic acid groups (broad SMARTS) is 1. The topological polar surface area (TPSA) is 66.8 Å². The molecule has 4 nitrogen and oxygen atoms in total. The molecule has 0 aliphatic rings. The number of unbranched alkanes of at least 4 members (excludes halogenated alkanes) is 1. The van der Waals surface area contributed by atoms with Gasteiger partial charge in [-0.25, -0.2) is 4.79 Å². The summed E-state index contributed by atoms with van der Waals surface area (Å²) in [5.74, 6) is -0.304. The van der Waals surface area contributed by atoms with E-state index in [1.165, 1.54) is 0 Å². The Kier molecular flexibility index (Phi) is 6.97. The number of aliphatic carboxylic acids is 1. The van der Waals surface area contributed by atoms with Gasteiger partial charge in [0, 0.05) is 0 Å². The van der Waals surface area contributed by atoms with Crippen molar-refractivity contribution >= 4 is 5.97 Å². The predicted octanol–water partition coefficient (Wildman–Crippen LogP) is 2.63. The van der Waals surface area contributed by atoms with Gasteiger partial charge in [0.1, 0.15) is 5.75 Å². The second kappa shape index (κ2) is 8.53. The average Bonchev–Trinajstić information content (AvgIpc) is 2.39. The number of rotatable bonds is 9. The Morgan fingerprint density at radius 2 is 2.16 bits per heavy atom. The fourth-order valence-electron chi connectivity index (χ4n) is 1.75. The molecule has 1 aromatic carbocycles. The van der Waals surface area contributed by atoms with E-state index in [1.54, 1.807) is 0 Å². The minimum absolute atomic E-state index is 0.274. The van der Waals surface area contributed by atoms with Crippen LogP contribution >= 0.6 is 0 Å². The molecule has 4 heteroatoms. The molecular formula is C15H22O4. The van der Waals surface area contributed by atoms with Gasteiger partial charge in [0.15, 0.2) is 6.10 Å². The Morgan fingerprint density at radius 3 is 2.84 bits per heavy atom. The highest BCUT2D eigenvalue weighted by atomic mass is 16.5. The van der Waals surface area contributed by atoms with E-state index < -0.39 is 12.1 Å². The molecule has 0 amide bonds. The third-order valence-electron chi connectivity index (χ3n) is 2.89. The smallest absolute Gasteiger partial charge is 0.332 e. The van der Waals surface area contributed by atoms with Gasteiger partial charge in [0.05, 0.1) is 6.61 Å². The fourth-order valence-corrected chi connectivity index (χ4v) is 1.75. The van der Waals surface area contributed by atoms with E-state index in [0.717, 1.165) is 37.2 Å². The first-order valence-electron chi connectivity index (χ1n) is 6.76. The van der Waals surface area contributed by atoms with Crippen LogP contribution in [0, 0.1) is 0 Å². The Labute approximate surface area is 114 Å². The molecule has 0 aliphatic carbocycles. The second-order valence-corrected chi connectivity index (χ2v) is 4.60. The standard InChI is InChI=1S/C15H22O4/c1-2-3-10-19-13-8-4-6-12(11-13)7-5-9-14(16)15(17)18/h4,6,8,11,14,16H,2-3,5,7,9-10H2,1H3,(H,17,18)/t14-/m1/s1. The van der Waals surface area contributed by atoms with Crippen molar-refractivity contribution < 1.29 is 19.7 Å². The average molecular weight is 266 g/mol. The lowest BCUT2D eigenvalue weighted by Gasteiger charge is -2.08. The molecule has 0 spiro atoms. The molecule has 0 saturated heterocycles. The lowest BCUT2D eigenvalue weighted by molar-refractivity contribution is -0.146. The number of aliphatic hydroxyl groups is 1. The zero-order valence-electron chi connectivity index (χ0n) is 11.3. The van der Waals surface area contributed by atoms with Crippen LogP contribution < -0.4 is 4.74 Å². The van der Waals surface area contributed by atoms with Crippen molar-refractivity contribution in [1.82, 2.24) is 0 Å². The van der Waals surface area contributed by atoms with Crippen molar-refractivity contribution in [2.75, 3.05) is 6.61 Å². The molecule has 0 bridgehead atoms. The maximum Gasteiger partial charge on any atom is 0.332 e. The Bertz CT molecular complexity index is 389. The van der Waals surface area contributed by atoms with Crippen molar-refractivity contribution in [3.8, 4) is 5.75 Å². The van der Waals surface area contributed by atoms with Crippen LogP contribution in [-0.2, 0) is 11.2 Å². The van der Waals surface area contributed by atoms with Crippen LogP contribution in [0.25, 0.3) is 0 Å². The summed E-state index contributed by atoms with van der Waals surface area (Å²) in [4.78, 5) is 10.5. The van der Waals surface area contributed by atoms with Crippen LogP contribution in [0.3, 0.4) is 0 Å². The molecule has 1 atom stereocenters. The van der Waals surface area contributed by atoms with E-state index in [9.17, 15) is 9.90 Å². The van der Waals surface area contributed by atoms with Gasteiger partial charge >= 0.3 is 5.97 Å². The third kappa shape index (κ3) is 6.25. The van der Waals surface area contributed by atoms with Gasteiger partial charge < -0.3 is 14.9 Å². The highest BCUT2D eigenvalue weighted by molar-refractivity contribution is 5.71. The second-order valence-electron chi connectivity index (χ2n) is 4.60. The molecule has 0 radical (unpaired) electrons. The quantitative estimate of drug-likeness (QED) is 0.674. The Balaban J connectivity index is 2.37. The monoisotopic (exact) mass is 266 g/mol. The summed E-state index contributed by atoms with van der Waals surface area (Å²) in [7, 11) is 0. The Hall–Kier alpha value is -1.55. The van der Waals surface area contributed by atoms with E-state index in [4.69, 9.17) is 9.84 Å². The van der Waals surface area contributed by atoms with Gasteiger partial charge in [-0.3, -0.25) is 0 Å². The minimum atomic E-state index is -1.26. The third-order valence-corrected chi connectivity index (χ3v) is 2.89. The summed E-state index contributed by atoms with van der Waals surface area (Å²) in [5, 5.41) is 17.8. The molecule has 1 aromatic rings. The summed E-state index contributed by atoms with van der Waals surface area (Å²) >= 11 is 0. The molecule has 0 heterocycles.